The number of aliphatic hydroxyl groups is 1. The van der Waals surface area contributed by atoms with Crippen molar-refractivity contribution in [2.24, 2.45) is 0 Å². The third-order valence-electron chi connectivity index (χ3n) is 2.84. The fraction of sp³-hybridized carbons (Fsp3) is 0.133. The molecule has 0 fully saturated rings. The lowest BCUT2D eigenvalue weighted by atomic mass is 10.1. The van der Waals surface area contributed by atoms with Gasteiger partial charge >= 0.3 is 0 Å². The summed E-state index contributed by atoms with van der Waals surface area (Å²) in [5, 5.41) is 21.4. The molecule has 2 aromatic rings. The molecule has 0 radical (unpaired) electrons. The molecule has 0 aliphatic rings. The Bertz CT molecular complexity index is 593. The summed E-state index contributed by atoms with van der Waals surface area (Å²) in [5.41, 5.74) is 1.21. The molecule has 1 atom stereocenters. The summed E-state index contributed by atoms with van der Waals surface area (Å²) in [6.45, 7) is -0.147. The van der Waals surface area contributed by atoms with E-state index in [9.17, 15) is 9.50 Å². The van der Waals surface area contributed by atoms with Crippen LogP contribution in [0.15, 0.2) is 48.5 Å². The number of hydrogen-bond donors (Lipinski definition) is 2. The van der Waals surface area contributed by atoms with Crippen LogP contribution in [0, 0.1) is 17.1 Å². The van der Waals surface area contributed by atoms with Gasteiger partial charge < -0.3 is 10.4 Å². The number of aliphatic hydroxyl groups excluding tert-OH is 1. The molecule has 0 aromatic heterocycles. The molecule has 0 aliphatic heterocycles. The van der Waals surface area contributed by atoms with Gasteiger partial charge in [0.05, 0.1) is 18.3 Å². The molecular weight excluding hydrogens is 243 g/mol. The van der Waals surface area contributed by atoms with E-state index >= 15 is 0 Å². The molecule has 0 aliphatic carbocycles. The lowest BCUT2D eigenvalue weighted by molar-refractivity contribution is 0.276. The Morgan fingerprint density at radius 2 is 1.89 bits per heavy atom. The Labute approximate surface area is 110 Å². The fourth-order valence-corrected chi connectivity index (χ4v) is 1.87. The average molecular weight is 256 g/mol. The molecule has 0 bridgehead atoms. The van der Waals surface area contributed by atoms with E-state index in [0.717, 1.165) is 5.56 Å². The van der Waals surface area contributed by atoms with Gasteiger partial charge in [-0.15, -0.1) is 0 Å². The van der Waals surface area contributed by atoms with E-state index in [1.54, 1.807) is 6.07 Å². The van der Waals surface area contributed by atoms with Crippen LogP contribution in [-0.4, -0.2) is 11.7 Å². The van der Waals surface area contributed by atoms with Crippen molar-refractivity contribution in [1.82, 2.24) is 0 Å². The normalized spacial score (nSPS) is 11.6. The zero-order valence-corrected chi connectivity index (χ0v) is 10.2. The van der Waals surface area contributed by atoms with Crippen molar-refractivity contribution in [2.45, 2.75) is 6.04 Å². The second-order valence-electron chi connectivity index (χ2n) is 4.06. The number of rotatable bonds is 4. The Balaban J connectivity index is 2.30. The lowest BCUT2D eigenvalue weighted by Gasteiger charge is -2.18. The van der Waals surface area contributed by atoms with Gasteiger partial charge in [0.25, 0.3) is 0 Å². The summed E-state index contributed by atoms with van der Waals surface area (Å²) >= 11 is 0. The fourth-order valence-electron chi connectivity index (χ4n) is 1.87. The SMILES string of the molecule is N#Cc1c(F)cccc1N[C@@H](CO)c1ccccc1. The van der Waals surface area contributed by atoms with Crippen molar-refractivity contribution in [2.75, 3.05) is 11.9 Å². The number of nitriles is 1. The largest absolute Gasteiger partial charge is 0.394 e. The molecule has 2 rings (SSSR count). The monoisotopic (exact) mass is 256 g/mol. The first-order valence-corrected chi connectivity index (χ1v) is 5.87. The third kappa shape index (κ3) is 2.90. The van der Waals surface area contributed by atoms with E-state index in [4.69, 9.17) is 5.26 Å². The van der Waals surface area contributed by atoms with Crippen LogP contribution in [0.5, 0.6) is 0 Å². The van der Waals surface area contributed by atoms with Crippen LogP contribution in [0.4, 0.5) is 10.1 Å². The van der Waals surface area contributed by atoms with Gasteiger partial charge in [-0.25, -0.2) is 4.39 Å². The quantitative estimate of drug-likeness (QED) is 0.884. The smallest absolute Gasteiger partial charge is 0.143 e. The molecule has 4 heteroatoms. The zero-order chi connectivity index (χ0) is 13.7. The Morgan fingerprint density at radius 1 is 1.16 bits per heavy atom. The topological polar surface area (TPSA) is 56.0 Å². The van der Waals surface area contributed by atoms with Gasteiger partial charge in [-0.05, 0) is 17.7 Å². The number of nitrogens with zero attached hydrogens (tertiary/aromatic N) is 1. The highest BCUT2D eigenvalue weighted by molar-refractivity contribution is 5.59. The summed E-state index contributed by atoms with van der Waals surface area (Å²) in [5.74, 6) is -0.572. The van der Waals surface area contributed by atoms with Crippen LogP contribution >= 0.6 is 0 Å². The highest BCUT2D eigenvalue weighted by Gasteiger charge is 2.13. The van der Waals surface area contributed by atoms with E-state index in [2.05, 4.69) is 5.32 Å². The van der Waals surface area contributed by atoms with Crippen LogP contribution in [0.1, 0.15) is 17.2 Å². The van der Waals surface area contributed by atoms with Gasteiger partial charge in [-0.3, -0.25) is 0 Å². The number of nitrogens with one attached hydrogen (secondary N) is 1. The van der Waals surface area contributed by atoms with E-state index in [1.807, 2.05) is 36.4 Å². The summed E-state index contributed by atoms with van der Waals surface area (Å²) in [7, 11) is 0. The Morgan fingerprint density at radius 3 is 2.53 bits per heavy atom. The molecule has 96 valence electrons. The summed E-state index contributed by atoms with van der Waals surface area (Å²) in [6, 6.07) is 15.1. The second-order valence-corrected chi connectivity index (χ2v) is 4.06. The van der Waals surface area contributed by atoms with Crippen LogP contribution < -0.4 is 5.32 Å². The molecule has 0 unspecified atom stereocenters. The molecule has 0 saturated heterocycles. The molecule has 0 spiro atoms. The molecule has 3 nitrogen and oxygen atoms in total. The number of halogens is 1. The van der Waals surface area contributed by atoms with E-state index in [-0.39, 0.29) is 18.2 Å². The van der Waals surface area contributed by atoms with Gasteiger partial charge in [-0.2, -0.15) is 5.26 Å². The summed E-state index contributed by atoms with van der Waals surface area (Å²) in [6.07, 6.45) is 0. The standard InChI is InChI=1S/C15H13FN2O/c16-13-7-4-8-14(12(13)9-17)18-15(10-19)11-5-2-1-3-6-11/h1-8,15,18-19H,10H2/t15-/m0/s1. The third-order valence-corrected chi connectivity index (χ3v) is 2.84. The van der Waals surface area contributed by atoms with Crippen LogP contribution in [0.25, 0.3) is 0 Å². The van der Waals surface area contributed by atoms with Crippen molar-refractivity contribution >= 4 is 5.69 Å². The van der Waals surface area contributed by atoms with Gasteiger partial charge in [0.15, 0.2) is 0 Å². The molecular formula is C15H13FN2O. The maximum absolute atomic E-state index is 13.5. The predicted octanol–water partition coefficient (Wildman–Crippen LogP) is 2.84. The maximum atomic E-state index is 13.5. The first-order chi connectivity index (χ1) is 9.26. The molecule has 2 N–H and O–H groups in total. The van der Waals surface area contributed by atoms with Crippen LogP contribution in [-0.2, 0) is 0 Å². The van der Waals surface area contributed by atoms with Gasteiger partial charge in [0.2, 0.25) is 0 Å². The molecule has 0 heterocycles. The van der Waals surface area contributed by atoms with E-state index in [0.29, 0.717) is 5.69 Å². The van der Waals surface area contributed by atoms with Crippen molar-refractivity contribution in [1.29, 1.82) is 5.26 Å². The molecule has 19 heavy (non-hydrogen) atoms. The first kappa shape index (κ1) is 13.1. The number of anilines is 1. The van der Waals surface area contributed by atoms with E-state index < -0.39 is 5.82 Å². The number of hydrogen-bond acceptors (Lipinski definition) is 3. The van der Waals surface area contributed by atoms with Crippen LogP contribution in [0.2, 0.25) is 0 Å². The average Bonchev–Trinajstić information content (AvgIpc) is 2.46. The summed E-state index contributed by atoms with van der Waals surface area (Å²) in [4.78, 5) is 0. The van der Waals surface area contributed by atoms with Gasteiger partial charge in [0, 0.05) is 0 Å². The molecule has 0 saturated carbocycles. The minimum atomic E-state index is -0.572. The Kier molecular flexibility index (Phi) is 4.11. The molecule has 2 aromatic carbocycles. The van der Waals surface area contributed by atoms with E-state index in [1.165, 1.54) is 12.1 Å². The summed E-state index contributed by atoms with van der Waals surface area (Å²) < 4.78 is 13.5. The first-order valence-electron chi connectivity index (χ1n) is 5.87. The minimum absolute atomic E-state index is 0.0446. The van der Waals surface area contributed by atoms with Crippen LogP contribution in [0.3, 0.4) is 0 Å². The highest BCUT2D eigenvalue weighted by atomic mass is 19.1. The maximum Gasteiger partial charge on any atom is 0.143 e. The number of benzene rings is 2. The van der Waals surface area contributed by atoms with Crippen molar-refractivity contribution in [3.05, 3.63) is 65.5 Å². The van der Waals surface area contributed by atoms with Crippen molar-refractivity contribution in [3.63, 3.8) is 0 Å². The predicted molar refractivity (Wildman–Crippen MR) is 71.0 cm³/mol. The van der Waals surface area contributed by atoms with Crippen molar-refractivity contribution < 1.29 is 9.50 Å². The van der Waals surface area contributed by atoms with Gasteiger partial charge in [-0.1, -0.05) is 36.4 Å². The van der Waals surface area contributed by atoms with Crippen molar-refractivity contribution in [3.8, 4) is 6.07 Å². The minimum Gasteiger partial charge on any atom is -0.394 e. The lowest BCUT2D eigenvalue weighted by Crippen LogP contribution is -2.15. The Hall–Kier alpha value is -2.38. The second kappa shape index (κ2) is 5.98. The molecule has 0 amide bonds. The zero-order valence-electron chi connectivity index (χ0n) is 10.2. The van der Waals surface area contributed by atoms with Gasteiger partial charge in [0.1, 0.15) is 17.4 Å². The highest BCUT2D eigenvalue weighted by Crippen LogP contribution is 2.23.